The van der Waals surface area contributed by atoms with Gasteiger partial charge in [0.05, 0.1) is 4.47 Å². The highest BCUT2D eigenvalue weighted by molar-refractivity contribution is 9.10. The maximum absolute atomic E-state index is 14.2. The van der Waals surface area contributed by atoms with Crippen molar-refractivity contribution in [2.45, 2.75) is 6.92 Å². The first-order chi connectivity index (χ1) is 9.40. The third-order valence-electron chi connectivity index (χ3n) is 2.67. The molecule has 2 nitrogen and oxygen atoms in total. The van der Waals surface area contributed by atoms with Gasteiger partial charge in [-0.05, 0) is 58.7 Å². The molecule has 0 aliphatic carbocycles. The van der Waals surface area contributed by atoms with Crippen LogP contribution in [0.1, 0.15) is 11.1 Å². The van der Waals surface area contributed by atoms with Crippen molar-refractivity contribution >= 4 is 49.1 Å². The Labute approximate surface area is 138 Å². The van der Waals surface area contributed by atoms with Gasteiger partial charge < -0.3 is 10.5 Å². The van der Waals surface area contributed by atoms with Crippen molar-refractivity contribution in [1.29, 1.82) is 0 Å². The van der Waals surface area contributed by atoms with Crippen LogP contribution in [0.3, 0.4) is 0 Å². The van der Waals surface area contributed by atoms with Crippen LogP contribution in [0.2, 0.25) is 0 Å². The summed E-state index contributed by atoms with van der Waals surface area (Å²) in [5, 5.41) is 0. The van der Waals surface area contributed by atoms with Crippen LogP contribution in [0.25, 0.3) is 0 Å². The molecule has 20 heavy (non-hydrogen) atoms. The maximum atomic E-state index is 14.2. The molecule has 0 amide bonds. The van der Waals surface area contributed by atoms with E-state index in [4.69, 9.17) is 22.7 Å². The van der Waals surface area contributed by atoms with E-state index in [0.29, 0.717) is 11.3 Å². The number of benzene rings is 2. The van der Waals surface area contributed by atoms with E-state index in [1.165, 1.54) is 6.07 Å². The lowest BCUT2D eigenvalue weighted by Crippen LogP contribution is -2.11. The zero-order valence-electron chi connectivity index (χ0n) is 10.4. The molecular weight excluding hydrogens is 409 g/mol. The second kappa shape index (κ2) is 6.20. The Morgan fingerprint density at radius 1 is 1.25 bits per heavy atom. The predicted octanol–water partition coefficient (Wildman–Crippen LogP) is 5.09. The molecule has 0 saturated heterocycles. The molecule has 0 unspecified atom stereocenters. The van der Waals surface area contributed by atoms with Crippen molar-refractivity contribution in [1.82, 2.24) is 0 Å². The van der Waals surface area contributed by atoms with Gasteiger partial charge in [-0.1, -0.05) is 28.1 Å². The van der Waals surface area contributed by atoms with Crippen molar-refractivity contribution < 1.29 is 9.13 Å². The van der Waals surface area contributed by atoms with Gasteiger partial charge in [-0.25, -0.2) is 4.39 Å². The van der Waals surface area contributed by atoms with Gasteiger partial charge in [-0.2, -0.15) is 0 Å². The highest BCUT2D eigenvalue weighted by atomic mass is 79.9. The van der Waals surface area contributed by atoms with E-state index in [9.17, 15) is 4.39 Å². The summed E-state index contributed by atoms with van der Waals surface area (Å²) >= 11 is 11.4. The van der Waals surface area contributed by atoms with Crippen molar-refractivity contribution in [2.24, 2.45) is 5.73 Å². The monoisotopic (exact) mass is 417 g/mol. The van der Waals surface area contributed by atoms with Crippen molar-refractivity contribution in [3.63, 3.8) is 0 Å². The predicted molar refractivity (Wildman–Crippen MR) is 88.9 cm³/mol. The molecule has 2 rings (SSSR count). The first-order valence-electron chi connectivity index (χ1n) is 5.62. The number of hydrogen-bond acceptors (Lipinski definition) is 2. The summed E-state index contributed by atoms with van der Waals surface area (Å²) < 4.78 is 20.9. The topological polar surface area (TPSA) is 35.2 Å². The minimum atomic E-state index is -0.532. The van der Waals surface area contributed by atoms with Crippen LogP contribution < -0.4 is 10.5 Å². The number of ether oxygens (including phenoxy) is 1. The Bertz CT molecular complexity index is 691. The minimum absolute atomic E-state index is 0.110. The smallest absolute Gasteiger partial charge is 0.180 e. The Hall–Kier alpha value is -0.980. The molecule has 2 N–H and O–H groups in total. The maximum Gasteiger partial charge on any atom is 0.180 e. The largest absolute Gasteiger partial charge is 0.454 e. The second-order valence-electron chi connectivity index (χ2n) is 4.12. The van der Waals surface area contributed by atoms with Crippen LogP contribution in [0.15, 0.2) is 39.3 Å². The molecule has 0 aromatic heterocycles. The summed E-state index contributed by atoms with van der Waals surface area (Å²) in [6.45, 7) is 1.93. The van der Waals surface area contributed by atoms with Crippen LogP contribution >= 0.6 is 44.1 Å². The zero-order valence-corrected chi connectivity index (χ0v) is 14.4. The molecule has 2 aromatic rings. The molecule has 104 valence electrons. The Morgan fingerprint density at radius 2 is 1.95 bits per heavy atom. The Morgan fingerprint density at radius 3 is 2.55 bits per heavy atom. The third kappa shape index (κ3) is 3.19. The molecule has 0 aliphatic heterocycles. The summed E-state index contributed by atoms with van der Waals surface area (Å²) in [6, 6.07) is 8.55. The molecular formula is C14H10Br2FNOS. The Kier molecular flexibility index (Phi) is 4.78. The van der Waals surface area contributed by atoms with Crippen LogP contribution in [-0.4, -0.2) is 4.99 Å². The average Bonchev–Trinajstić information content (AvgIpc) is 2.39. The van der Waals surface area contributed by atoms with Gasteiger partial charge in [-0.3, -0.25) is 0 Å². The standard InChI is InChI=1S/C14H10Br2FNOS/c1-7-6-8(2-4-10(7)15)19-11-5-3-9(14(18)20)12(16)13(11)17/h2-6H,1H3,(H2,18,20). The molecule has 0 spiro atoms. The molecule has 0 aliphatic rings. The molecule has 0 fully saturated rings. The van der Waals surface area contributed by atoms with Gasteiger partial charge in [0.1, 0.15) is 10.7 Å². The molecule has 0 radical (unpaired) electrons. The van der Waals surface area contributed by atoms with E-state index in [1.807, 2.05) is 19.1 Å². The Balaban J connectivity index is 2.37. The zero-order chi connectivity index (χ0) is 14.9. The summed E-state index contributed by atoms with van der Waals surface area (Å²) in [6.07, 6.45) is 0. The first-order valence-corrected chi connectivity index (χ1v) is 7.61. The SMILES string of the molecule is Cc1cc(Oc2ccc(C(N)=S)c(Br)c2F)ccc1Br. The van der Waals surface area contributed by atoms with E-state index in [-0.39, 0.29) is 15.2 Å². The van der Waals surface area contributed by atoms with Gasteiger partial charge in [0, 0.05) is 10.0 Å². The third-order valence-corrected chi connectivity index (χ3v) is 4.55. The number of rotatable bonds is 3. The van der Waals surface area contributed by atoms with Gasteiger partial charge in [-0.15, -0.1) is 0 Å². The van der Waals surface area contributed by atoms with Crippen molar-refractivity contribution in [3.05, 3.63) is 56.2 Å². The van der Waals surface area contributed by atoms with E-state index in [0.717, 1.165) is 10.0 Å². The summed E-state index contributed by atoms with van der Waals surface area (Å²) in [4.78, 5) is 0.127. The lowest BCUT2D eigenvalue weighted by molar-refractivity contribution is 0.440. The molecule has 6 heteroatoms. The highest BCUT2D eigenvalue weighted by Crippen LogP contribution is 2.32. The molecule has 2 aromatic carbocycles. The number of halogens is 3. The molecule has 0 atom stereocenters. The summed E-state index contributed by atoms with van der Waals surface area (Å²) in [5.41, 5.74) is 6.95. The summed E-state index contributed by atoms with van der Waals surface area (Å²) in [5.74, 6) is 0.133. The van der Waals surface area contributed by atoms with Crippen LogP contribution in [-0.2, 0) is 0 Å². The number of nitrogens with two attached hydrogens (primary N) is 1. The summed E-state index contributed by atoms with van der Waals surface area (Å²) in [7, 11) is 0. The number of hydrogen-bond donors (Lipinski definition) is 1. The highest BCUT2D eigenvalue weighted by Gasteiger charge is 2.14. The lowest BCUT2D eigenvalue weighted by Gasteiger charge is -2.11. The van der Waals surface area contributed by atoms with Gasteiger partial charge in [0.15, 0.2) is 11.6 Å². The number of thiocarbonyl (C=S) groups is 1. The van der Waals surface area contributed by atoms with E-state index in [1.54, 1.807) is 12.1 Å². The lowest BCUT2D eigenvalue weighted by atomic mass is 10.2. The van der Waals surface area contributed by atoms with Crippen LogP contribution in [0.5, 0.6) is 11.5 Å². The van der Waals surface area contributed by atoms with E-state index < -0.39 is 5.82 Å². The van der Waals surface area contributed by atoms with E-state index >= 15 is 0 Å². The quantitative estimate of drug-likeness (QED) is 0.705. The molecule has 0 bridgehead atoms. The van der Waals surface area contributed by atoms with Gasteiger partial charge >= 0.3 is 0 Å². The van der Waals surface area contributed by atoms with Crippen LogP contribution in [0.4, 0.5) is 4.39 Å². The fraction of sp³-hybridized carbons (Fsp3) is 0.0714. The first kappa shape index (κ1) is 15.4. The molecule has 0 heterocycles. The van der Waals surface area contributed by atoms with Gasteiger partial charge in [0.25, 0.3) is 0 Å². The van der Waals surface area contributed by atoms with Crippen LogP contribution in [0, 0.1) is 12.7 Å². The van der Waals surface area contributed by atoms with Crippen molar-refractivity contribution in [2.75, 3.05) is 0 Å². The number of aryl methyl sites for hydroxylation is 1. The fourth-order valence-corrected chi connectivity index (χ4v) is 2.70. The van der Waals surface area contributed by atoms with E-state index in [2.05, 4.69) is 31.9 Å². The van der Waals surface area contributed by atoms with Crippen molar-refractivity contribution in [3.8, 4) is 11.5 Å². The normalized spacial score (nSPS) is 10.4. The second-order valence-corrected chi connectivity index (χ2v) is 6.20. The average molecular weight is 419 g/mol. The minimum Gasteiger partial charge on any atom is -0.454 e. The fourth-order valence-electron chi connectivity index (χ4n) is 1.61. The molecule has 0 saturated carbocycles. The van der Waals surface area contributed by atoms with Gasteiger partial charge in [0.2, 0.25) is 0 Å².